The average Bonchev–Trinajstić information content (AvgIpc) is 2.29. The second kappa shape index (κ2) is 5.91. The van der Waals surface area contributed by atoms with E-state index >= 15 is 0 Å². The van der Waals surface area contributed by atoms with Crippen LogP contribution >= 0.6 is 11.6 Å². The molecule has 0 aliphatic carbocycles. The van der Waals surface area contributed by atoms with Gasteiger partial charge in [-0.25, -0.2) is 0 Å². The Morgan fingerprint density at radius 1 is 1.41 bits per heavy atom. The van der Waals surface area contributed by atoms with Crippen molar-refractivity contribution in [1.29, 1.82) is 0 Å². The van der Waals surface area contributed by atoms with Crippen molar-refractivity contribution in [3.8, 4) is 0 Å². The molecule has 2 heterocycles. The van der Waals surface area contributed by atoms with Crippen LogP contribution < -0.4 is 10.6 Å². The predicted octanol–water partition coefficient (Wildman–Crippen LogP) is -0.459. The van der Waals surface area contributed by atoms with Gasteiger partial charge in [0.25, 0.3) is 0 Å². The Labute approximate surface area is 107 Å². The van der Waals surface area contributed by atoms with E-state index in [4.69, 9.17) is 16.7 Å². The summed E-state index contributed by atoms with van der Waals surface area (Å²) in [6.07, 6.45) is 2.22. The van der Waals surface area contributed by atoms with Crippen molar-refractivity contribution in [3.05, 3.63) is 11.9 Å². The van der Waals surface area contributed by atoms with Crippen LogP contribution in [0.4, 0.5) is 0 Å². The van der Waals surface area contributed by atoms with Crippen LogP contribution in [0.1, 0.15) is 6.92 Å². The standard InChI is InChI=1S/C11H21ClN4O/c1-9-13-10(12)8-11(14-9)16-4-2-15(3-5-16)6-7-17/h8-10,13-14,17H,2-7H2,1H3/t9-,10+/m1/s1. The molecule has 0 radical (unpaired) electrons. The maximum absolute atomic E-state index is 8.90. The lowest BCUT2D eigenvalue weighted by Crippen LogP contribution is -2.54. The molecule has 0 unspecified atom stereocenters. The smallest absolute Gasteiger partial charge is 0.106 e. The van der Waals surface area contributed by atoms with Gasteiger partial charge < -0.3 is 15.3 Å². The van der Waals surface area contributed by atoms with Crippen molar-refractivity contribution in [3.63, 3.8) is 0 Å². The van der Waals surface area contributed by atoms with Gasteiger partial charge in [-0.15, -0.1) is 11.6 Å². The summed E-state index contributed by atoms with van der Waals surface area (Å²) < 4.78 is 0. The van der Waals surface area contributed by atoms with Crippen molar-refractivity contribution in [2.24, 2.45) is 0 Å². The molecule has 2 aliphatic heterocycles. The van der Waals surface area contributed by atoms with Crippen LogP contribution in [0.2, 0.25) is 0 Å². The third kappa shape index (κ3) is 3.48. The molecule has 3 N–H and O–H groups in total. The van der Waals surface area contributed by atoms with E-state index in [-0.39, 0.29) is 18.3 Å². The molecule has 0 saturated carbocycles. The fourth-order valence-electron chi connectivity index (χ4n) is 2.29. The van der Waals surface area contributed by atoms with Gasteiger partial charge in [0.1, 0.15) is 11.3 Å². The normalized spacial score (nSPS) is 31.0. The Kier molecular flexibility index (Phi) is 4.50. The molecular weight excluding hydrogens is 240 g/mol. The van der Waals surface area contributed by atoms with Crippen molar-refractivity contribution in [2.75, 3.05) is 39.3 Å². The Hall–Kier alpha value is -0.490. The van der Waals surface area contributed by atoms with E-state index in [9.17, 15) is 0 Å². The van der Waals surface area contributed by atoms with Crippen molar-refractivity contribution >= 4 is 11.6 Å². The molecule has 98 valence electrons. The highest BCUT2D eigenvalue weighted by Gasteiger charge is 2.23. The molecule has 17 heavy (non-hydrogen) atoms. The highest BCUT2D eigenvalue weighted by molar-refractivity contribution is 6.21. The number of rotatable bonds is 3. The molecular formula is C11H21ClN4O. The van der Waals surface area contributed by atoms with Gasteiger partial charge in [0.2, 0.25) is 0 Å². The predicted molar refractivity (Wildman–Crippen MR) is 68.6 cm³/mol. The number of aliphatic hydroxyl groups is 1. The third-order valence-corrected chi connectivity index (χ3v) is 3.46. The summed E-state index contributed by atoms with van der Waals surface area (Å²) in [5.74, 6) is 1.12. The summed E-state index contributed by atoms with van der Waals surface area (Å²) in [5, 5.41) is 15.5. The second-order valence-corrected chi connectivity index (χ2v) is 5.01. The summed E-state index contributed by atoms with van der Waals surface area (Å²) in [7, 11) is 0. The molecule has 2 aliphatic rings. The number of hydrogen-bond acceptors (Lipinski definition) is 5. The number of piperazine rings is 1. The summed E-state index contributed by atoms with van der Waals surface area (Å²) in [4.78, 5) is 4.60. The molecule has 0 aromatic heterocycles. The molecule has 0 spiro atoms. The van der Waals surface area contributed by atoms with Crippen molar-refractivity contribution in [1.82, 2.24) is 20.4 Å². The van der Waals surface area contributed by atoms with Crippen LogP contribution in [0.15, 0.2) is 11.9 Å². The lowest BCUT2D eigenvalue weighted by Gasteiger charge is -2.40. The van der Waals surface area contributed by atoms with Gasteiger partial charge in [0.15, 0.2) is 0 Å². The van der Waals surface area contributed by atoms with Crippen LogP contribution in [-0.2, 0) is 0 Å². The number of β-amino-alcohol motifs (C(OH)–C–C–N with tert-alkyl or cyclic N) is 1. The molecule has 5 nitrogen and oxygen atoms in total. The highest BCUT2D eigenvalue weighted by atomic mass is 35.5. The molecule has 0 bridgehead atoms. The van der Waals surface area contributed by atoms with Crippen molar-refractivity contribution < 1.29 is 5.11 Å². The largest absolute Gasteiger partial charge is 0.395 e. The minimum atomic E-state index is -0.100. The topological polar surface area (TPSA) is 50.8 Å². The Morgan fingerprint density at radius 2 is 2.12 bits per heavy atom. The van der Waals surface area contributed by atoms with Gasteiger partial charge >= 0.3 is 0 Å². The van der Waals surface area contributed by atoms with Crippen LogP contribution in [0, 0.1) is 0 Å². The Balaban J connectivity index is 1.88. The fourth-order valence-corrected chi connectivity index (χ4v) is 2.60. The summed E-state index contributed by atoms with van der Waals surface area (Å²) in [6.45, 7) is 7.03. The monoisotopic (exact) mass is 260 g/mol. The average molecular weight is 261 g/mol. The number of aliphatic hydroxyl groups excluding tert-OH is 1. The summed E-state index contributed by atoms with van der Waals surface area (Å²) >= 11 is 6.11. The Bertz CT molecular complexity index is 279. The van der Waals surface area contributed by atoms with Gasteiger partial charge in [0, 0.05) is 32.7 Å². The SMILES string of the molecule is C[C@H]1NC(N2CCN(CCO)CC2)=C[C@@H](Cl)N1. The van der Waals surface area contributed by atoms with E-state index < -0.39 is 0 Å². The van der Waals surface area contributed by atoms with E-state index in [1.807, 2.05) is 6.08 Å². The second-order valence-electron chi connectivity index (χ2n) is 4.54. The van der Waals surface area contributed by atoms with E-state index in [1.165, 1.54) is 0 Å². The van der Waals surface area contributed by atoms with Gasteiger partial charge in [-0.3, -0.25) is 10.2 Å². The molecule has 0 aromatic carbocycles. The molecule has 0 aromatic rings. The van der Waals surface area contributed by atoms with E-state index in [2.05, 4.69) is 27.4 Å². The minimum absolute atomic E-state index is 0.100. The Morgan fingerprint density at radius 3 is 2.71 bits per heavy atom. The fraction of sp³-hybridized carbons (Fsp3) is 0.818. The number of hydrogen-bond donors (Lipinski definition) is 3. The zero-order valence-corrected chi connectivity index (χ0v) is 11.0. The van der Waals surface area contributed by atoms with Crippen LogP contribution in [0.5, 0.6) is 0 Å². The maximum Gasteiger partial charge on any atom is 0.106 e. The van der Waals surface area contributed by atoms with Gasteiger partial charge in [-0.05, 0) is 13.0 Å². The highest BCUT2D eigenvalue weighted by Crippen LogP contribution is 2.13. The van der Waals surface area contributed by atoms with E-state index in [1.54, 1.807) is 0 Å². The van der Waals surface area contributed by atoms with E-state index in [0.717, 1.165) is 38.5 Å². The molecule has 6 heteroatoms. The molecule has 2 atom stereocenters. The van der Waals surface area contributed by atoms with Crippen LogP contribution in [-0.4, -0.2) is 65.9 Å². The summed E-state index contributed by atoms with van der Waals surface area (Å²) in [6, 6.07) is 0. The number of nitrogens with one attached hydrogen (secondary N) is 2. The number of alkyl halides is 1. The lowest BCUT2D eigenvalue weighted by atomic mass is 10.3. The van der Waals surface area contributed by atoms with Gasteiger partial charge in [-0.1, -0.05) is 0 Å². The first-order valence-electron chi connectivity index (χ1n) is 6.15. The molecule has 0 amide bonds. The first-order valence-corrected chi connectivity index (χ1v) is 6.59. The first-order chi connectivity index (χ1) is 8.19. The van der Waals surface area contributed by atoms with Crippen LogP contribution in [0.25, 0.3) is 0 Å². The summed E-state index contributed by atoms with van der Waals surface area (Å²) in [5.41, 5.74) is -0.100. The molecule has 1 saturated heterocycles. The maximum atomic E-state index is 8.90. The van der Waals surface area contributed by atoms with Crippen LogP contribution in [0.3, 0.4) is 0 Å². The molecule has 2 rings (SSSR count). The number of halogens is 1. The van der Waals surface area contributed by atoms with Crippen molar-refractivity contribution in [2.45, 2.75) is 18.6 Å². The lowest BCUT2D eigenvalue weighted by molar-refractivity contribution is 0.124. The minimum Gasteiger partial charge on any atom is -0.395 e. The third-order valence-electron chi connectivity index (χ3n) is 3.21. The zero-order chi connectivity index (χ0) is 12.3. The molecule has 1 fully saturated rings. The zero-order valence-electron chi connectivity index (χ0n) is 10.2. The number of nitrogens with zero attached hydrogens (tertiary/aromatic N) is 2. The van der Waals surface area contributed by atoms with Gasteiger partial charge in [-0.2, -0.15) is 0 Å². The van der Waals surface area contributed by atoms with E-state index in [0.29, 0.717) is 0 Å². The van der Waals surface area contributed by atoms with Gasteiger partial charge in [0.05, 0.1) is 12.8 Å². The first kappa shape index (κ1) is 13.0. The quantitative estimate of drug-likeness (QED) is 0.474.